The van der Waals surface area contributed by atoms with Gasteiger partial charge in [0.05, 0.1) is 23.7 Å². The van der Waals surface area contributed by atoms with Crippen molar-refractivity contribution >= 4 is 33.0 Å². The van der Waals surface area contributed by atoms with E-state index < -0.39 is 10.0 Å². The van der Waals surface area contributed by atoms with Crippen LogP contribution in [0.2, 0.25) is 0 Å². The van der Waals surface area contributed by atoms with Crippen molar-refractivity contribution in [2.24, 2.45) is 4.99 Å². The SMILES string of the molecule is CCNC(=NCc1nc(C(C)C)cs1)NCCS(=O)(=O)N1CCc2ccccc21. The Morgan fingerprint density at radius 1 is 1.31 bits per heavy atom. The van der Waals surface area contributed by atoms with Gasteiger partial charge in [-0.1, -0.05) is 32.0 Å². The van der Waals surface area contributed by atoms with Gasteiger partial charge in [-0.05, 0) is 30.9 Å². The van der Waals surface area contributed by atoms with Crippen LogP contribution in [0.3, 0.4) is 0 Å². The number of thiazole rings is 1. The molecule has 1 aromatic heterocycles. The van der Waals surface area contributed by atoms with Gasteiger partial charge in [-0.25, -0.2) is 18.4 Å². The van der Waals surface area contributed by atoms with Crippen LogP contribution in [0.25, 0.3) is 0 Å². The number of nitrogens with one attached hydrogen (secondary N) is 2. The molecule has 29 heavy (non-hydrogen) atoms. The number of anilines is 1. The van der Waals surface area contributed by atoms with Crippen LogP contribution >= 0.6 is 11.3 Å². The summed E-state index contributed by atoms with van der Waals surface area (Å²) in [6.07, 6.45) is 0.763. The van der Waals surface area contributed by atoms with E-state index in [9.17, 15) is 8.42 Å². The lowest BCUT2D eigenvalue weighted by Gasteiger charge is -2.20. The van der Waals surface area contributed by atoms with E-state index in [1.165, 1.54) is 4.31 Å². The van der Waals surface area contributed by atoms with Crippen molar-refractivity contribution in [2.45, 2.75) is 39.7 Å². The van der Waals surface area contributed by atoms with Crippen LogP contribution in [0.1, 0.15) is 43.0 Å². The van der Waals surface area contributed by atoms with Gasteiger partial charge in [0.1, 0.15) is 5.01 Å². The number of nitrogens with zero attached hydrogens (tertiary/aromatic N) is 3. The molecule has 7 nitrogen and oxygen atoms in total. The number of benzene rings is 1. The molecule has 0 fully saturated rings. The Morgan fingerprint density at radius 3 is 2.83 bits per heavy atom. The maximum Gasteiger partial charge on any atom is 0.236 e. The molecule has 158 valence electrons. The van der Waals surface area contributed by atoms with Crippen molar-refractivity contribution < 1.29 is 8.42 Å². The zero-order valence-electron chi connectivity index (χ0n) is 17.2. The maximum absolute atomic E-state index is 12.8. The largest absolute Gasteiger partial charge is 0.357 e. The molecule has 0 aliphatic carbocycles. The molecule has 3 rings (SSSR count). The number of fused-ring (bicyclic) bond motifs is 1. The highest BCUT2D eigenvalue weighted by molar-refractivity contribution is 7.92. The number of para-hydroxylation sites is 1. The topological polar surface area (TPSA) is 86.7 Å². The number of sulfonamides is 1. The minimum atomic E-state index is -3.38. The number of rotatable bonds is 8. The minimum Gasteiger partial charge on any atom is -0.357 e. The van der Waals surface area contributed by atoms with E-state index in [0.717, 1.165) is 28.4 Å². The summed E-state index contributed by atoms with van der Waals surface area (Å²) in [5, 5.41) is 9.31. The van der Waals surface area contributed by atoms with Crippen molar-refractivity contribution in [3.05, 3.63) is 45.9 Å². The van der Waals surface area contributed by atoms with Crippen molar-refractivity contribution in [1.82, 2.24) is 15.6 Å². The summed E-state index contributed by atoms with van der Waals surface area (Å²) in [4.78, 5) is 9.13. The van der Waals surface area contributed by atoms with Crippen LogP contribution in [0.4, 0.5) is 5.69 Å². The number of aliphatic imine (C=N–C) groups is 1. The van der Waals surface area contributed by atoms with Crippen LogP contribution < -0.4 is 14.9 Å². The van der Waals surface area contributed by atoms with Gasteiger partial charge < -0.3 is 10.6 Å². The molecule has 1 aliphatic rings. The molecule has 2 N–H and O–H groups in total. The normalized spacial score (nSPS) is 14.3. The fourth-order valence-electron chi connectivity index (χ4n) is 3.16. The Hall–Kier alpha value is -2.13. The average molecular weight is 436 g/mol. The van der Waals surface area contributed by atoms with Crippen molar-refractivity contribution in [1.29, 1.82) is 0 Å². The monoisotopic (exact) mass is 435 g/mol. The zero-order chi connectivity index (χ0) is 20.9. The summed E-state index contributed by atoms with van der Waals surface area (Å²) in [6.45, 7) is 8.20. The summed E-state index contributed by atoms with van der Waals surface area (Å²) in [5.41, 5.74) is 2.97. The van der Waals surface area contributed by atoms with Crippen LogP contribution in [0.15, 0.2) is 34.6 Å². The molecule has 0 bridgehead atoms. The van der Waals surface area contributed by atoms with Crippen LogP contribution in [0.5, 0.6) is 0 Å². The fourth-order valence-corrected chi connectivity index (χ4v) is 5.46. The van der Waals surface area contributed by atoms with Gasteiger partial charge in [-0.15, -0.1) is 11.3 Å². The summed E-state index contributed by atoms with van der Waals surface area (Å²) < 4.78 is 27.1. The molecule has 2 heterocycles. The Morgan fingerprint density at radius 2 is 2.10 bits per heavy atom. The summed E-state index contributed by atoms with van der Waals surface area (Å²) in [6, 6.07) is 7.69. The molecule has 9 heteroatoms. The number of hydrogen-bond donors (Lipinski definition) is 2. The molecule has 0 saturated carbocycles. The molecule has 1 aromatic carbocycles. The average Bonchev–Trinajstić information content (AvgIpc) is 3.33. The molecule has 1 aliphatic heterocycles. The first-order valence-electron chi connectivity index (χ1n) is 9.95. The van der Waals surface area contributed by atoms with E-state index in [4.69, 9.17) is 0 Å². The summed E-state index contributed by atoms with van der Waals surface area (Å²) in [5.74, 6) is 1.02. The predicted molar refractivity (Wildman–Crippen MR) is 120 cm³/mol. The molecule has 0 atom stereocenters. The smallest absolute Gasteiger partial charge is 0.236 e. The molecular weight excluding hydrogens is 406 g/mol. The maximum atomic E-state index is 12.8. The first-order chi connectivity index (χ1) is 13.9. The quantitative estimate of drug-likeness (QED) is 0.492. The van der Waals surface area contributed by atoms with Crippen molar-refractivity contribution in [2.75, 3.05) is 29.7 Å². The molecular formula is C20H29N5O2S2. The molecule has 0 radical (unpaired) electrons. The third kappa shape index (κ3) is 5.48. The first kappa shape index (κ1) is 21.6. The Kier molecular flexibility index (Phi) is 7.13. The standard InChI is InChI=1S/C20H29N5O2S2/c1-4-21-20(23-13-19-24-17(14-28-19)15(2)3)22-10-12-29(26,27)25-11-9-16-7-5-6-8-18(16)25/h5-8,14-15H,4,9-13H2,1-3H3,(H2,21,22,23). The second kappa shape index (κ2) is 9.58. The Balaban J connectivity index is 1.57. The van der Waals surface area contributed by atoms with E-state index in [-0.39, 0.29) is 5.75 Å². The minimum absolute atomic E-state index is 0.0144. The molecule has 0 saturated heterocycles. The lowest BCUT2D eigenvalue weighted by molar-refractivity contribution is 0.591. The van der Waals surface area contributed by atoms with E-state index in [2.05, 4.69) is 39.8 Å². The molecule has 0 spiro atoms. The fraction of sp³-hybridized carbons (Fsp3) is 0.500. The first-order valence-corrected chi connectivity index (χ1v) is 12.4. The van der Waals surface area contributed by atoms with E-state index >= 15 is 0 Å². The number of hydrogen-bond acceptors (Lipinski definition) is 5. The number of guanidine groups is 1. The van der Waals surface area contributed by atoms with Crippen LogP contribution in [-0.2, 0) is 23.0 Å². The highest BCUT2D eigenvalue weighted by Gasteiger charge is 2.28. The van der Waals surface area contributed by atoms with Gasteiger partial charge in [0.2, 0.25) is 10.0 Å². The number of aromatic nitrogens is 1. The van der Waals surface area contributed by atoms with Gasteiger partial charge in [-0.2, -0.15) is 0 Å². The van der Waals surface area contributed by atoms with Gasteiger partial charge in [-0.3, -0.25) is 4.31 Å². The second-order valence-electron chi connectivity index (χ2n) is 7.21. The third-order valence-corrected chi connectivity index (χ3v) is 7.33. The predicted octanol–water partition coefficient (Wildman–Crippen LogP) is 2.71. The van der Waals surface area contributed by atoms with E-state index in [1.54, 1.807) is 11.3 Å². The van der Waals surface area contributed by atoms with Gasteiger partial charge in [0, 0.05) is 25.0 Å². The van der Waals surface area contributed by atoms with Crippen molar-refractivity contribution in [3.8, 4) is 0 Å². The highest BCUT2D eigenvalue weighted by Crippen LogP contribution is 2.29. The molecule has 2 aromatic rings. The second-order valence-corrected chi connectivity index (χ2v) is 10.2. The lowest BCUT2D eigenvalue weighted by Crippen LogP contribution is -2.42. The Labute approximate surface area is 177 Å². The zero-order valence-corrected chi connectivity index (χ0v) is 18.8. The summed E-state index contributed by atoms with van der Waals surface area (Å²) >= 11 is 1.60. The van der Waals surface area contributed by atoms with E-state index in [0.29, 0.717) is 38.1 Å². The van der Waals surface area contributed by atoms with Gasteiger partial charge in [0.15, 0.2) is 5.96 Å². The van der Waals surface area contributed by atoms with Crippen molar-refractivity contribution in [3.63, 3.8) is 0 Å². The van der Waals surface area contributed by atoms with Gasteiger partial charge in [0.25, 0.3) is 0 Å². The van der Waals surface area contributed by atoms with Gasteiger partial charge >= 0.3 is 0 Å². The highest BCUT2D eigenvalue weighted by atomic mass is 32.2. The van der Waals surface area contributed by atoms with Crippen LogP contribution in [-0.4, -0.2) is 44.7 Å². The molecule has 0 unspecified atom stereocenters. The summed E-state index contributed by atoms with van der Waals surface area (Å²) in [7, 11) is -3.38. The Bertz CT molecular complexity index is 953. The van der Waals surface area contributed by atoms with Crippen LogP contribution in [0, 0.1) is 0 Å². The lowest BCUT2D eigenvalue weighted by atomic mass is 10.2. The van der Waals surface area contributed by atoms with E-state index in [1.807, 2.05) is 31.2 Å². The molecule has 0 amide bonds. The third-order valence-electron chi connectivity index (χ3n) is 4.71.